The van der Waals surface area contributed by atoms with E-state index < -0.39 is 17.1 Å². The third-order valence-corrected chi connectivity index (χ3v) is 5.60. The van der Waals surface area contributed by atoms with Gasteiger partial charge >= 0.3 is 5.69 Å². The first-order valence-corrected chi connectivity index (χ1v) is 10.2. The minimum atomic E-state index is -0.553. The molecule has 2 aromatic heterocycles. The van der Waals surface area contributed by atoms with E-state index >= 15 is 0 Å². The largest absolute Gasteiger partial charge is 0.380 e. The number of rotatable bonds is 6. The molecule has 164 valence electrons. The Labute approximate surface area is 178 Å². The molecule has 0 amide bonds. The molecule has 0 N–H and O–H groups in total. The van der Waals surface area contributed by atoms with Crippen LogP contribution in [0.25, 0.3) is 11.2 Å². The number of aryl methyl sites for hydroxylation is 1. The molecule has 0 unspecified atom stereocenters. The van der Waals surface area contributed by atoms with Gasteiger partial charge in [0, 0.05) is 19.2 Å². The van der Waals surface area contributed by atoms with Gasteiger partial charge in [-0.3, -0.25) is 18.5 Å². The van der Waals surface area contributed by atoms with E-state index in [1.54, 1.807) is 34.8 Å². The van der Waals surface area contributed by atoms with Crippen molar-refractivity contribution in [1.29, 1.82) is 0 Å². The van der Waals surface area contributed by atoms with E-state index in [1.165, 1.54) is 10.6 Å². The van der Waals surface area contributed by atoms with E-state index in [1.807, 2.05) is 20.8 Å². The molecule has 9 nitrogen and oxygen atoms in total. The molecule has 0 radical (unpaired) electrons. The van der Waals surface area contributed by atoms with Gasteiger partial charge in [0.1, 0.15) is 5.82 Å². The molecule has 1 aliphatic rings. The first-order valence-electron chi connectivity index (χ1n) is 10.2. The summed E-state index contributed by atoms with van der Waals surface area (Å²) in [6, 6.07) is 5.88. The molecular weight excluding hydrogens is 403 g/mol. The first-order chi connectivity index (χ1) is 14.8. The Kier molecular flexibility index (Phi) is 5.48. The lowest BCUT2D eigenvalue weighted by Gasteiger charge is -2.29. The second kappa shape index (κ2) is 8.10. The maximum absolute atomic E-state index is 14.2. The quantitative estimate of drug-likeness (QED) is 0.560. The van der Waals surface area contributed by atoms with Crippen LogP contribution in [0.15, 0.2) is 39.0 Å². The Morgan fingerprint density at radius 1 is 1.23 bits per heavy atom. The van der Waals surface area contributed by atoms with Crippen molar-refractivity contribution < 1.29 is 9.13 Å². The number of benzene rings is 1. The summed E-state index contributed by atoms with van der Waals surface area (Å²) in [6.45, 7) is 7.04. The molecule has 0 fully saturated rings. The summed E-state index contributed by atoms with van der Waals surface area (Å²) in [4.78, 5) is 31.0. The van der Waals surface area contributed by atoms with Crippen LogP contribution in [0.5, 0.6) is 0 Å². The van der Waals surface area contributed by atoms with Gasteiger partial charge in [-0.25, -0.2) is 14.2 Å². The van der Waals surface area contributed by atoms with Gasteiger partial charge in [-0.05, 0) is 26.8 Å². The van der Waals surface area contributed by atoms with Crippen LogP contribution in [0.2, 0.25) is 0 Å². The van der Waals surface area contributed by atoms with E-state index in [0.717, 1.165) is 10.3 Å². The van der Waals surface area contributed by atoms with E-state index in [9.17, 15) is 14.0 Å². The summed E-state index contributed by atoms with van der Waals surface area (Å²) >= 11 is 0. The number of nitrogens with zero attached hydrogens (tertiary/aromatic N) is 6. The number of hydrogen-bond acceptors (Lipinski definition) is 6. The molecule has 31 heavy (non-hydrogen) atoms. The maximum atomic E-state index is 14.2. The van der Waals surface area contributed by atoms with Crippen molar-refractivity contribution in [1.82, 2.24) is 18.7 Å². The van der Waals surface area contributed by atoms with Crippen molar-refractivity contribution in [2.75, 3.05) is 24.8 Å². The third-order valence-electron chi connectivity index (χ3n) is 5.60. The van der Waals surface area contributed by atoms with Gasteiger partial charge in [0.25, 0.3) is 5.56 Å². The van der Waals surface area contributed by atoms with Crippen LogP contribution in [0.1, 0.15) is 32.4 Å². The minimum absolute atomic E-state index is 0.163. The standard InChI is InChI=1S/C21H25FN6O3/c1-5-31-11-10-27-20-23-18-17(28(20)14(3)13(2)24-27)19(29)26(21(30)25(18)4)12-15-8-6-7-9-16(15)22/h6-9,14H,5,10-12H2,1-4H3/t14-/m0/s1. The molecule has 3 aromatic rings. The van der Waals surface area contributed by atoms with Gasteiger partial charge in [-0.2, -0.15) is 10.1 Å². The highest BCUT2D eigenvalue weighted by Crippen LogP contribution is 2.29. The van der Waals surface area contributed by atoms with Crippen molar-refractivity contribution in [3.63, 3.8) is 0 Å². The Morgan fingerprint density at radius 2 is 1.97 bits per heavy atom. The Hall–Kier alpha value is -3.27. The van der Waals surface area contributed by atoms with Crippen molar-refractivity contribution >= 4 is 22.8 Å². The van der Waals surface area contributed by atoms with Gasteiger partial charge < -0.3 is 4.74 Å². The number of anilines is 1. The predicted molar refractivity (Wildman–Crippen MR) is 116 cm³/mol. The molecular formula is C21H25FN6O3. The number of aromatic nitrogens is 4. The fourth-order valence-corrected chi connectivity index (χ4v) is 3.76. The molecule has 0 saturated carbocycles. The van der Waals surface area contributed by atoms with Gasteiger partial charge in [0.15, 0.2) is 11.2 Å². The second-order valence-electron chi connectivity index (χ2n) is 7.52. The van der Waals surface area contributed by atoms with Crippen LogP contribution < -0.4 is 16.3 Å². The lowest BCUT2D eigenvalue weighted by atomic mass is 10.2. The number of ether oxygens (including phenoxy) is 1. The second-order valence-corrected chi connectivity index (χ2v) is 7.52. The highest BCUT2D eigenvalue weighted by atomic mass is 19.1. The molecule has 0 saturated heterocycles. The van der Waals surface area contributed by atoms with Gasteiger partial charge in [0.05, 0.1) is 31.4 Å². The predicted octanol–water partition coefficient (Wildman–Crippen LogP) is 1.88. The first kappa shape index (κ1) is 21.0. The van der Waals surface area contributed by atoms with Crippen LogP contribution in [0, 0.1) is 5.82 Å². The van der Waals surface area contributed by atoms with Crippen LogP contribution >= 0.6 is 0 Å². The third kappa shape index (κ3) is 3.46. The number of hydrazone groups is 1. The number of hydrogen-bond donors (Lipinski definition) is 0. The monoisotopic (exact) mass is 428 g/mol. The van der Waals surface area contributed by atoms with Gasteiger partial charge in [-0.15, -0.1) is 0 Å². The smallest absolute Gasteiger partial charge is 0.332 e. The van der Waals surface area contributed by atoms with Crippen LogP contribution in [0.3, 0.4) is 0 Å². The van der Waals surface area contributed by atoms with E-state index in [2.05, 4.69) is 10.1 Å². The summed E-state index contributed by atoms with van der Waals surface area (Å²) in [6.07, 6.45) is 0. The molecule has 0 spiro atoms. The number of fused-ring (bicyclic) bond motifs is 3. The van der Waals surface area contributed by atoms with Crippen molar-refractivity contribution in [3.05, 3.63) is 56.5 Å². The lowest BCUT2D eigenvalue weighted by molar-refractivity contribution is 0.153. The zero-order valence-electron chi connectivity index (χ0n) is 18.0. The fourth-order valence-electron chi connectivity index (χ4n) is 3.76. The highest BCUT2D eigenvalue weighted by molar-refractivity contribution is 5.91. The number of imidazole rings is 1. The average Bonchev–Trinajstić information content (AvgIpc) is 3.16. The Balaban J connectivity index is 1.91. The van der Waals surface area contributed by atoms with Gasteiger partial charge in [-0.1, -0.05) is 18.2 Å². The highest BCUT2D eigenvalue weighted by Gasteiger charge is 2.30. The zero-order valence-corrected chi connectivity index (χ0v) is 18.0. The van der Waals surface area contributed by atoms with E-state index in [-0.39, 0.29) is 29.3 Å². The Bertz CT molecular complexity index is 1290. The minimum Gasteiger partial charge on any atom is -0.380 e. The van der Waals surface area contributed by atoms with Crippen LogP contribution in [-0.2, 0) is 18.3 Å². The van der Waals surface area contributed by atoms with Crippen molar-refractivity contribution in [3.8, 4) is 0 Å². The summed E-state index contributed by atoms with van der Waals surface area (Å²) in [5.41, 5.74) is 0.569. The molecule has 1 atom stereocenters. The van der Waals surface area contributed by atoms with Crippen molar-refractivity contribution in [2.24, 2.45) is 12.1 Å². The molecule has 0 aliphatic carbocycles. The zero-order chi connectivity index (χ0) is 22.3. The van der Waals surface area contributed by atoms with E-state index in [4.69, 9.17) is 4.74 Å². The molecule has 10 heteroatoms. The average molecular weight is 428 g/mol. The molecule has 1 aliphatic heterocycles. The SMILES string of the molecule is CCOCCN1N=C(C)[C@H](C)n2c1nc1c2c(=O)n(Cc2ccccc2F)c(=O)n1C. The lowest BCUT2D eigenvalue weighted by Crippen LogP contribution is -2.41. The fraction of sp³-hybridized carbons (Fsp3) is 0.429. The normalized spacial score (nSPS) is 16.0. The molecule has 4 rings (SSSR count). The van der Waals surface area contributed by atoms with Crippen molar-refractivity contribution in [2.45, 2.75) is 33.4 Å². The van der Waals surface area contributed by atoms with Crippen LogP contribution in [-0.4, -0.2) is 44.2 Å². The topological polar surface area (TPSA) is 86.7 Å². The van der Waals surface area contributed by atoms with Crippen LogP contribution in [0.4, 0.5) is 10.3 Å². The number of halogens is 1. The summed E-state index contributed by atoms with van der Waals surface area (Å²) in [5, 5.41) is 6.29. The van der Waals surface area contributed by atoms with Gasteiger partial charge in [0.2, 0.25) is 5.95 Å². The maximum Gasteiger partial charge on any atom is 0.332 e. The molecule has 3 heterocycles. The summed E-state index contributed by atoms with van der Waals surface area (Å²) in [7, 11) is 1.56. The molecule has 0 bridgehead atoms. The summed E-state index contributed by atoms with van der Waals surface area (Å²) in [5.74, 6) is 0.00820. The summed E-state index contributed by atoms with van der Waals surface area (Å²) < 4.78 is 23.8. The molecule has 1 aromatic carbocycles. The Morgan fingerprint density at radius 3 is 2.68 bits per heavy atom. The van der Waals surface area contributed by atoms with E-state index in [0.29, 0.717) is 25.7 Å².